The summed E-state index contributed by atoms with van der Waals surface area (Å²) < 4.78 is 0. The molecule has 0 aromatic rings. The Balaban J connectivity index is 1.44. The molecule has 6 heteroatoms. The number of likely N-dealkylation sites (N-methyl/N-ethyl adjacent to an activating group) is 1. The first-order chi connectivity index (χ1) is 13.0. The van der Waals surface area contributed by atoms with Crippen molar-refractivity contribution < 1.29 is 4.79 Å². The number of rotatable bonds is 7. The van der Waals surface area contributed by atoms with Crippen LogP contribution < -0.4 is 10.6 Å². The number of hydrogen-bond donors (Lipinski definition) is 2. The van der Waals surface area contributed by atoms with Crippen LogP contribution >= 0.6 is 0 Å². The molecule has 0 aromatic carbocycles. The number of nitrogens with zero attached hydrogens (tertiary/aromatic N) is 3. The van der Waals surface area contributed by atoms with Gasteiger partial charge in [0.05, 0.1) is 0 Å². The lowest BCUT2D eigenvalue weighted by atomic mass is 9.95. The zero-order valence-corrected chi connectivity index (χ0v) is 17.5. The molecule has 2 saturated carbocycles. The van der Waals surface area contributed by atoms with Crippen LogP contribution in [0, 0.1) is 17.8 Å². The molecule has 3 atom stereocenters. The van der Waals surface area contributed by atoms with E-state index in [4.69, 9.17) is 0 Å². The lowest BCUT2D eigenvalue weighted by Gasteiger charge is -2.30. The van der Waals surface area contributed by atoms with Crippen LogP contribution in [0.5, 0.6) is 0 Å². The maximum absolute atomic E-state index is 11.9. The second-order valence-corrected chi connectivity index (χ2v) is 9.18. The average Bonchev–Trinajstić information content (AvgIpc) is 3.27. The number of hydrogen-bond acceptors (Lipinski definition) is 3. The molecule has 27 heavy (non-hydrogen) atoms. The van der Waals surface area contributed by atoms with Crippen LogP contribution in [0.2, 0.25) is 0 Å². The van der Waals surface area contributed by atoms with Crippen LogP contribution in [0.3, 0.4) is 0 Å². The molecule has 3 unspecified atom stereocenters. The highest BCUT2D eigenvalue weighted by Crippen LogP contribution is 2.44. The Morgan fingerprint density at radius 1 is 1.15 bits per heavy atom. The monoisotopic (exact) mass is 377 g/mol. The molecular weight excluding hydrogens is 338 g/mol. The zero-order chi connectivity index (χ0) is 19.2. The predicted molar refractivity (Wildman–Crippen MR) is 111 cm³/mol. The standard InChI is InChI=1S/C21H39N5O/c1-16-7-11-26(12-8-16)10-4-9-22-21(23-15-20(27)25(2)3)24-19-14-17-5-6-18(19)13-17/h16-19H,4-15H2,1-3H3,(H2,22,23,24). The van der Waals surface area contributed by atoms with Gasteiger partial charge in [0, 0.05) is 26.7 Å². The van der Waals surface area contributed by atoms with E-state index in [-0.39, 0.29) is 12.5 Å². The van der Waals surface area contributed by atoms with Crippen molar-refractivity contribution in [1.29, 1.82) is 0 Å². The molecule has 1 heterocycles. The van der Waals surface area contributed by atoms with Crippen LogP contribution in [-0.4, -0.2) is 74.5 Å². The number of piperidine rings is 1. The lowest BCUT2D eigenvalue weighted by Crippen LogP contribution is -2.46. The molecule has 154 valence electrons. The summed E-state index contributed by atoms with van der Waals surface area (Å²) in [6, 6.07) is 0.535. The molecule has 1 aliphatic heterocycles. The Kier molecular flexibility index (Phi) is 7.39. The van der Waals surface area contributed by atoms with Crippen molar-refractivity contribution in [3.8, 4) is 0 Å². The van der Waals surface area contributed by atoms with Crippen LogP contribution in [-0.2, 0) is 4.79 Å². The van der Waals surface area contributed by atoms with Gasteiger partial charge in [-0.1, -0.05) is 13.3 Å². The van der Waals surface area contributed by atoms with Gasteiger partial charge < -0.3 is 20.4 Å². The smallest absolute Gasteiger partial charge is 0.243 e. The van der Waals surface area contributed by atoms with E-state index in [1.165, 1.54) is 51.6 Å². The second-order valence-electron chi connectivity index (χ2n) is 9.18. The Morgan fingerprint density at radius 3 is 2.56 bits per heavy atom. The third kappa shape index (κ3) is 6.09. The van der Waals surface area contributed by atoms with Crippen molar-refractivity contribution in [2.45, 2.75) is 57.9 Å². The van der Waals surface area contributed by atoms with E-state index in [0.29, 0.717) is 6.04 Å². The number of carbonyl (C=O) groups excluding carboxylic acids is 1. The van der Waals surface area contributed by atoms with E-state index in [2.05, 4.69) is 27.4 Å². The van der Waals surface area contributed by atoms with Crippen LogP contribution in [0.15, 0.2) is 4.99 Å². The van der Waals surface area contributed by atoms with E-state index in [9.17, 15) is 4.79 Å². The molecule has 6 nitrogen and oxygen atoms in total. The molecule has 2 bridgehead atoms. The SMILES string of the molecule is CC1CCN(CCCNC(=NCC(=O)N(C)C)NC2CC3CCC2C3)CC1. The number of nitrogens with one attached hydrogen (secondary N) is 2. The maximum atomic E-state index is 11.9. The predicted octanol–water partition coefficient (Wildman–Crippen LogP) is 1.92. The molecule has 3 fully saturated rings. The summed E-state index contributed by atoms with van der Waals surface area (Å²) in [5.41, 5.74) is 0. The summed E-state index contributed by atoms with van der Waals surface area (Å²) in [5, 5.41) is 7.13. The summed E-state index contributed by atoms with van der Waals surface area (Å²) in [4.78, 5) is 20.7. The molecule has 0 radical (unpaired) electrons. The quantitative estimate of drug-likeness (QED) is 0.404. The Labute approximate surface area is 165 Å². The third-order valence-electron chi connectivity index (χ3n) is 6.75. The van der Waals surface area contributed by atoms with Gasteiger partial charge in [-0.05, 0) is 75.9 Å². The van der Waals surface area contributed by atoms with Gasteiger partial charge in [0.2, 0.25) is 5.91 Å². The molecule has 2 aliphatic carbocycles. The van der Waals surface area contributed by atoms with Crippen molar-refractivity contribution in [1.82, 2.24) is 20.4 Å². The van der Waals surface area contributed by atoms with Crippen LogP contribution in [0.25, 0.3) is 0 Å². The molecule has 3 rings (SSSR count). The Hall–Kier alpha value is -1.30. The van der Waals surface area contributed by atoms with E-state index in [1.54, 1.807) is 19.0 Å². The van der Waals surface area contributed by atoms with Crippen molar-refractivity contribution in [2.75, 3.05) is 46.8 Å². The number of carbonyl (C=O) groups is 1. The van der Waals surface area contributed by atoms with E-state index >= 15 is 0 Å². The van der Waals surface area contributed by atoms with Gasteiger partial charge in [-0.25, -0.2) is 4.99 Å². The van der Waals surface area contributed by atoms with E-state index < -0.39 is 0 Å². The first-order valence-electron chi connectivity index (χ1n) is 11.0. The minimum Gasteiger partial charge on any atom is -0.356 e. The summed E-state index contributed by atoms with van der Waals surface area (Å²) in [6.45, 7) is 7.11. The minimum absolute atomic E-state index is 0.0477. The fourth-order valence-electron chi connectivity index (χ4n) is 4.83. The average molecular weight is 378 g/mol. The van der Waals surface area contributed by atoms with Gasteiger partial charge in [0.25, 0.3) is 0 Å². The number of fused-ring (bicyclic) bond motifs is 2. The summed E-state index contributed by atoms with van der Waals surface area (Å²) in [6.07, 6.45) is 9.16. The van der Waals surface area contributed by atoms with Crippen molar-refractivity contribution >= 4 is 11.9 Å². The first kappa shape index (κ1) is 20.4. The van der Waals surface area contributed by atoms with Crippen LogP contribution in [0.1, 0.15) is 51.9 Å². The first-order valence-corrected chi connectivity index (χ1v) is 11.0. The molecule has 2 N–H and O–H groups in total. The number of guanidine groups is 1. The summed E-state index contributed by atoms with van der Waals surface area (Å²) in [5.74, 6) is 3.46. The fourth-order valence-corrected chi connectivity index (χ4v) is 4.83. The van der Waals surface area contributed by atoms with Gasteiger partial charge in [-0.2, -0.15) is 0 Å². The molecule has 1 saturated heterocycles. The summed E-state index contributed by atoms with van der Waals surface area (Å²) >= 11 is 0. The number of likely N-dealkylation sites (tertiary alicyclic amines) is 1. The highest BCUT2D eigenvalue weighted by atomic mass is 16.2. The number of amides is 1. The molecule has 0 spiro atoms. The molecule has 3 aliphatic rings. The fraction of sp³-hybridized carbons (Fsp3) is 0.905. The summed E-state index contributed by atoms with van der Waals surface area (Å²) in [7, 11) is 3.57. The largest absolute Gasteiger partial charge is 0.356 e. The van der Waals surface area contributed by atoms with Gasteiger partial charge in [-0.15, -0.1) is 0 Å². The lowest BCUT2D eigenvalue weighted by molar-refractivity contribution is -0.127. The molecular formula is C21H39N5O. The van der Waals surface area contributed by atoms with Gasteiger partial charge in [0.15, 0.2) is 5.96 Å². The molecule has 1 amide bonds. The van der Waals surface area contributed by atoms with Gasteiger partial charge in [-0.3, -0.25) is 4.79 Å². The van der Waals surface area contributed by atoms with Crippen molar-refractivity contribution in [2.24, 2.45) is 22.7 Å². The van der Waals surface area contributed by atoms with Gasteiger partial charge >= 0.3 is 0 Å². The second kappa shape index (κ2) is 9.76. The zero-order valence-electron chi connectivity index (χ0n) is 17.5. The van der Waals surface area contributed by atoms with Crippen LogP contribution in [0.4, 0.5) is 0 Å². The Bertz CT molecular complexity index is 513. The van der Waals surface area contributed by atoms with Crippen molar-refractivity contribution in [3.63, 3.8) is 0 Å². The highest BCUT2D eigenvalue weighted by Gasteiger charge is 2.39. The van der Waals surface area contributed by atoms with E-state index in [1.807, 2.05) is 0 Å². The minimum atomic E-state index is 0.0477. The topological polar surface area (TPSA) is 60.0 Å². The third-order valence-corrected chi connectivity index (χ3v) is 6.75. The normalized spacial score (nSPS) is 29.1. The number of aliphatic imine (C=N–C) groups is 1. The maximum Gasteiger partial charge on any atom is 0.243 e. The van der Waals surface area contributed by atoms with Gasteiger partial charge in [0.1, 0.15) is 6.54 Å². The Morgan fingerprint density at radius 2 is 1.93 bits per heavy atom. The van der Waals surface area contributed by atoms with Crippen molar-refractivity contribution in [3.05, 3.63) is 0 Å². The highest BCUT2D eigenvalue weighted by molar-refractivity contribution is 5.85. The molecule has 0 aromatic heterocycles. The van der Waals surface area contributed by atoms with E-state index in [0.717, 1.165) is 43.2 Å².